The van der Waals surface area contributed by atoms with Crippen LogP contribution in [-0.4, -0.2) is 18.4 Å². The molecule has 1 aliphatic carbocycles. The molecule has 6 nitrogen and oxygen atoms in total. The van der Waals surface area contributed by atoms with Gasteiger partial charge in [0.15, 0.2) is 0 Å². The van der Waals surface area contributed by atoms with Crippen molar-refractivity contribution in [2.24, 2.45) is 0 Å². The van der Waals surface area contributed by atoms with Gasteiger partial charge in [-0.3, -0.25) is 9.97 Å². The molecular formula is C22H24N4O2S. The molecule has 2 heterocycles. The predicted octanol–water partition coefficient (Wildman–Crippen LogP) is 3.12. The lowest BCUT2D eigenvalue weighted by Crippen LogP contribution is -2.26. The number of aromatic nitrogens is 2. The highest BCUT2D eigenvalue weighted by molar-refractivity contribution is 7.89. The van der Waals surface area contributed by atoms with Crippen molar-refractivity contribution in [1.82, 2.24) is 20.0 Å². The van der Waals surface area contributed by atoms with E-state index < -0.39 is 10.0 Å². The van der Waals surface area contributed by atoms with E-state index in [1.165, 1.54) is 5.56 Å². The van der Waals surface area contributed by atoms with Gasteiger partial charge in [-0.25, -0.2) is 13.1 Å². The fraction of sp³-hybridized carbons (Fsp3) is 0.273. The molecule has 0 saturated heterocycles. The number of hydrogen-bond donors (Lipinski definition) is 2. The number of benzene rings is 1. The van der Waals surface area contributed by atoms with Crippen LogP contribution in [0.4, 0.5) is 0 Å². The standard InChI is InChI=1S/C22H24N4O2S/c27-29(28,26-16-19-9-1-2-12-23-19)20-10-3-6-17(14-20)15-25-21-11-4-7-18-8-5-13-24-22(18)21/h1-3,5-6,8-10,12-14,21,25-26H,4,7,11,15-16H2. The summed E-state index contributed by atoms with van der Waals surface area (Å²) >= 11 is 0. The lowest BCUT2D eigenvalue weighted by atomic mass is 9.92. The Bertz CT molecular complexity index is 1070. The van der Waals surface area contributed by atoms with Crippen molar-refractivity contribution in [1.29, 1.82) is 0 Å². The molecule has 0 saturated carbocycles. The average Bonchev–Trinajstić information content (AvgIpc) is 2.77. The Hall–Kier alpha value is -2.61. The number of nitrogens with zero attached hydrogens (tertiary/aromatic N) is 2. The van der Waals surface area contributed by atoms with Crippen LogP contribution in [0.3, 0.4) is 0 Å². The summed E-state index contributed by atoms with van der Waals surface area (Å²) in [5, 5.41) is 3.54. The van der Waals surface area contributed by atoms with Crippen molar-refractivity contribution >= 4 is 10.0 Å². The highest BCUT2D eigenvalue weighted by Gasteiger charge is 2.21. The molecular weight excluding hydrogens is 384 g/mol. The average molecular weight is 409 g/mol. The molecule has 2 aromatic heterocycles. The van der Waals surface area contributed by atoms with Crippen LogP contribution in [-0.2, 0) is 29.5 Å². The zero-order valence-corrected chi connectivity index (χ0v) is 16.9. The normalized spacial score (nSPS) is 16.3. The van der Waals surface area contributed by atoms with Gasteiger partial charge >= 0.3 is 0 Å². The van der Waals surface area contributed by atoms with Gasteiger partial charge in [0.2, 0.25) is 10.0 Å². The van der Waals surface area contributed by atoms with E-state index in [0.717, 1.165) is 30.5 Å². The number of rotatable bonds is 7. The third-order valence-corrected chi connectivity index (χ3v) is 6.52. The van der Waals surface area contributed by atoms with Gasteiger partial charge in [0.1, 0.15) is 0 Å². The highest BCUT2D eigenvalue weighted by atomic mass is 32.2. The zero-order chi connectivity index (χ0) is 20.1. The minimum Gasteiger partial charge on any atom is -0.305 e. The van der Waals surface area contributed by atoms with Crippen molar-refractivity contribution in [3.63, 3.8) is 0 Å². The molecule has 0 bridgehead atoms. The lowest BCUT2D eigenvalue weighted by molar-refractivity contribution is 0.447. The number of sulfonamides is 1. The molecule has 29 heavy (non-hydrogen) atoms. The first-order valence-electron chi connectivity index (χ1n) is 9.77. The molecule has 1 atom stereocenters. The summed E-state index contributed by atoms with van der Waals surface area (Å²) in [5.74, 6) is 0. The molecule has 1 aromatic carbocycles. The first-order chi connectivity index (χ1) is 14.1. The van der Waals surface area contributed by atoms with Crippen LogP contribution >= 0.6 is 0 Å². The van der Waals surface area contributed by atoms with Gasteiger partial charge < -0.3 is 5.32 Å². The maximum Gasteiger partial charge on any atom is 0.240 e. The summed E-state index contributed by atoms with van der Waals surface area (Å²) < 4.78 is 27.9. The predicted molar refractivity (Wildman–Crippen MR) is 111 cm³/mol. The van der Waals surface area contributed by atoms with Crippen LogP contribution in [0.2, 0.25) is 0 Å². The molecule has 1 unspecified atom stereocenters. The van der Waals surface area contributed by atoms with Crippen molar-refractivity contribution < 1.29 is 8.42 Å². The summed E-state index contributed by atoms with van der Waals surface area (Å²) in [4.78, 5) is 8.96. The van der Waals surface area contributed by atoms with Crippen LogP contribution < -0.4 is 10.0 Å². The van der Waals surface area contributed by atoms with Crippen LogP contribution in [0.15, 0.2) is 71.9 Å². The highest BCUT2D eigenvalue weighted by Crippen LogP contribution is 2.28. The molecule has 0 aliphatic heterocycles. The Labute approximate surface area is 171 Å². The van der Waals surface area contributed by atoms with E-state index in [9.17, 15) is 8.42 Å². The molecule has 0 fully saturated rings. The van der Waals surface area contributed by atoms with E-state index in [1.807, 2.05) is 24.4 Å². The van der Waals surface area contributed by atoms with Gasteiger partial charge in [0.25, 0.3) is 0 Å². The SMILES string of the molecule is O=S(=O)(NCc1ccccn1)c1cccc(CNC2CCCc3cccnc32)c1. The van der Waals surface area contributed by atoms with E-state index in [-0.39, 0.29) is 17.5 Å². The maximum atomic E-state index is 12.7. The second-order valence-corrected chi connectivity index (χ2v) is 8.93. The van der Waals surface area contributed by atoms with Gasteiger partial charge in [0.05, 0.1) is 28.9 Å². The molecule has 0 amide bonds. The third-order valence-electron chi connectivity index (χ3n) is 5.13. The van der Waals surface area contributed by atoms with Crippen LogP contribution in [0.1, 0.15) is 41.4 Å². The Morgan fingerprint density at radius 1 is 0.966 bits per heavy atom. The number of fused-ring (bicyclic) bond motifs is 1. The first kappa shape index (κ1) is 19.7. The quantitative estimate of drug-likeness (QED) is 0.628. The molecule has 2 N–H and O–H groups in total. The third kappa shape index (κ3) is 4.87. The topological polar surface area (TPSA) is 84.0 Å². The minimum atomic E-state index is -3.60. The molecule has 1 aliphatic rings. The number of pyridine rings is 2. The Morgan fingerprint density at radius 3 is 2.72 bits per heavy atom. The lowest BCUT2D eigenvalue weighted by Gasteiger charge is -2.25. The summed E-state index contributed by atoms with van der Waals surface area (Å²) in [5.41, 5.74) is 4.01. The second-order valence-electron chi connectivity index (χ2n) is 7.17. The summed E-state index contributed by atoms with van der Waals surface area (Å²) in [6.45, 7) is 0.750. The molecule has 4 rings (SSSR count). The first-order valence-corrected chi connectivity index (χ1v) is 11.3. The van der Waals surface area contributed by atoms with Gasteiger partial charge in [-0.15, -0.1) is 0 Å². The van der Waals surface area contributed by atoms with Crippen LogP contribution in [0.25, 0.3) is 0 Å². The summed E-state index contributed by atoms with van der Waals surface area (Å²) in [7, 11) is -3.60. The fourth-order valence-electron chi connectivity index (χ4n) is 3.63. The molecule has 3 aromatic rings. The maximum absolute atomic E-state index is 12.7. The zero-order valence-electron chi connectivity index (χ0n) is 16.1. The van der Waals surface area contributed by atoms with Gasteiger partial charge in [-0.2, -0.15) is 0 Å². The van der Waals surface area contributed by atoms with Crippen molar-refractivity contribution in [2.75, 3.05) is 0 Å². The number of aryl methyl sites for hydroxylation is 1. The van der Waals surface area contributed by atoms with Gasteiger partial charge in [-0.1, -0.05) is 24.3 Å². The smallest absolute Gasteiger partial charge is 0.240 e. The minimum absolute atomic E-state index is 0.163. The van der Waals surface area contributed by atoms with E-state index in [2.05, 4.69) is 26.1 Å². The van der Waals surface area contributed by atoms with E-state index in [1.54, 1.807) is 36.5 Å². The van der Waals surface area contributed by atoms with Crippen LogP contribution in [0.5, 0.6) is 0 Å². The van der Waals surface area contributed by atoms with Crippen LogP contribution in [0, 0.1) is 0 Å². The van der Waals surface area contributed by atoms with Gasteiger partial charge in [0, 0.05) is 18.9 Å². The largest absolute Gasteiger partial charge is 0.305 e. The van der Waals surface area contributed by atoms with E-state index in [4.69, 9.17) is 0 Å². The van der Waals surface area contributed by atoms with Crippen molar-refractivity contribution in [3.05, 3.63) is 89.5 Å². The summed E-state index contributed by atoms with van der Waals surface area (Å²) in [6.07, 6.45) is 6.71. The molecule has 7 heteroatoms. The second kappa shape index (κ2) is 8.82. The van der Waals surface area contributed by atoms with E-state index in [0.29, 0.717) is 12.2 Å². The Morgan fingerprint density at radius 2 is 1.86 bits per heavy atom. The molecule has 0 radical (unpaired) electrons. The number of hydrogen-bond acceptors (Lipinski definition) is 5. The monoisotopic (exact) mass is 408 g/mol. The molecule has 0 spiro atoms. The van der Waals surface area contributed by atoms with Crippen molar-refractivity contribution in [3.8, 4) is 0 Å². The summed E-state index contributed by atoms with van der Waals surface area (Å²) in [6, 6.07) is 16.8. The number of nitrogens with one attached hydrogen (secondary N) is 2. The fourth-order valence-corrected chi connectivity index (χ4v) is 4.70. The Kier molecular flexibility index (Phi) is 5.99. The van der Waals surface area contributed by atoms with Crippen molar-refractivity contribution in [2.45, 2.75) is 43.3 Å². The Balaban J connectivity index is 1.42. The van der Waals surface area contributed by atoms with E-state index >= 15 is 0 Å². The molecule has 150 valence electrons. The van der Waals surface area contributed by atoms with Gasteiger partial charge in [-0.05, 0) is 60.7 Å².